The van der Waals surface area contributed by atoms with E-state index in [0.29, 0.717) is 10.7 Å². The zero-order valence-corrected chi connectivity index (χ0v) is 11.6. The molecule has 1 aromatic rings. The van der Waals surface area contributed by atoms with Gasteiger partial charge in [0.15, 0.2) is 0 Å². The summed E-state index contributed by atoms with van der Waals surface area (Å²) in [6.45, 7) is 5.39. The van der Waals surface area contributed by atoms with Gasteiger partial charge < -0.3 is 9.80 Å². The molecule has 0 aromatic carbocycles. The Hall–Kier alpha value is -1.13. The first-order valence-electron chi connectivity index (χ1n) is 6.18. The lowest BCUT2D eigenvalue weighted by molar-refractivity contribution is 0.0762. The molecule has 98 valence electrons. The van der Waals surface area contributed by atoms with E-state index in [-0.39, 0.29) is 5.91 Å². The van der Waals surface area contributed by atoms with Gasteiger partial charge in [-0.1, -0.05) is 11.6 Å². The molecule has 1 saturated heterocycles. The Balaban J connectivity index is 2.14. The predicted molar refractivity (Wildman–Crippen MR) is 72.0 cm³/mol. The molecule has 0 atom stereocenters. The number of aryl methyl sites for hydroxylation is 1. The van der Waals surface area contributed by atoms with E-state index in [0.717, 1.165) is 38.3 Å². The first-order valence-corrected chi connectivity index (χ1v) is 6.56. The molecule has 4 nitrogen and oxygen atoms in total. The molecular weight excluding hydrogens is 250 g/mol. The molecule has 18 heavy (non-hydrogen) atoms. The fraction of sp³-hybridized carbons (Fsp3) is 0.538. The molecule has 1 fully saturated rings. The van der Waals surface area contributed by atoms with E-state index in [1.165, 1.54) is 0 Å². The van der Waals surface area contributed by atoms with Gasteiger partial charge in [-0.15, -0.1) is 0 Å². The maximum atomic E-state index is 12.4. The molecule has 0 bridgehead atoms. The third-order valence-corrected chi connectivity index (χ3v) is 3.37. The number of amides is 1. The van der Waals surface area contributed by atoms with Crippen LogP contribution in [0.2, 0.25) is 5.15 Å². The van der Waals surface area contributed by atoms with E-state index in [2.05, 4.69) is 16.9 Å². The van der Waals surface area contributed by atoms with Crippen LogP contribution in [0.5, 0.6) is 0 Å². The topological polar surface area (TPSA) is 36.4 Å². The number of carbonyl (C=O) groups excluding carboxylic acids is 1. The molecular formula is C13H18ClN3O. The number of halogens is 1. The smallest absolute Gasteiger partial charge is 0.254 e. The van der Waals surface area contributed by atoms with Gasteiger partial charge in [-0.3, -0.25) is 4.79 Å². The van der Waals surface area contributed by atoms with Gasteiger partial charge in [0, 0.05) is 30.9 Å². The molecule has 5 heteroatoms. The third-order valence-electron chi connectivity index (χ3n) is 3.18. The summed E-state index contributed by atoms with van der Waals surface area (Å²) < 4.78 is 0. The lowest BCUT2D eigenvalue weighted by Gasteiger charge is -2.20. The zero-order valence-electron chi connectivity index (χ0n) is 10.8. The summed E-state index contributed by atoms with van der Waals surface area (Å²) in [6, 6.07) is 3.44. The van der Waals surface area contributed by atoms with E-state index < -0.39 is 0 Å². The largest absolute Gasteiger partial charge is 0.337 e. The summed E-state index contributed by atoms with van der Waals surface area (Å²) in [7, 11) is 2.08. The monoisotopic (exact) mass is 267 g/mol. The number of aromatic nitrogens is 1. The van der Waals surface area contributed by atoms with Gasteiger partial charge in [-0.25, -0.2) is 4.98 Å². The average Bonchev–Trinajstić information content (AvgIpc) is 2.52. The van der Waals surface area contributed by atoms with Crippen molar-refractivity contribution in [2.75, 3.05) is 33.2 Å². The van der Waals surface area contributed by atoms with Crippen molar-refractivity contribution in [2.45, 2.75) is 13.3 Å². The van der Waals surface area contributed by atoms with E-state index in [4.69, 9.17) is 11.6 Å². The van der Waals surface area contributed by atoms with Crippen LogP contribution >= 0.6 is 11.6 Å². The van der Waals surface area contributed by atoms with Crippen molar-refractivity contribution in [3.05, 3.63) is 28.5 Å². The summed E-state index contributed by atoms with van der Waals surface area (Å²) in [4.78, 5) is 20.6. The number of hydrogen-bond donors (Lipinski definition) is 0. The van der Waals surface area contributed by atoms with Crippen LogP contribution in [-0.2, 0) is 0 Å². The normalized spacial score (nSPS) is 17.6. The number of rotatable bonds is 1. The molecule has 1 aliphatic rings. The molecule has 0 spiro atoms. The van der Waals surface area contributed by atoms with Gasteiger partial charge in [0.05, 0.1) is 0 Å². The maximum absolute atomic E-state index is 12.4. The number of pyridine rings is 1. The Morgan fingerprint density at radius 2 is 2.06 bits per heavy atom. The number of likely N-dealkylation sites (N-methyl/N-ethyl adjacent to an activating group) is 1. The van der Waals surface area contributed by atoms with E-state index in [1.807, 2.05) is 11.8 Å². The molecule has 1 aliphatic heterocycles. The van der Waals surface area contributed by atoms with Crippen molar-refractivity contribution in [2.24, 2.45) is 0 Å². The lowest BCUT2D eigenvalue weighted by atomic mass is 10.2. The SMILES string of the molecule is Cc1cc(C(=O)N2CCCN(C)CC2)cc(Cl)n1. The van der Waals surface area contributed by atoms with Crippen molar-refractivity contribution in [1.29, 1.82) is 0 Å². The van der Waals surface area contributed by atoms with Crippen LogP contribution < -0.4 is 0 Å². The first kappa shape index (κ1) is 13.3. The molecule has 1 amide bonds. The zero-order chi connectivity index (χ0) is 13.1. The van der Waals surface area contributed by atoms with Gasteiger partial charge in [-0.2, -0.15) is 0 Å². The van der Waals surface area contributed by atoms with Gasteiger partial charge in [0.2, 0.25) is 0 Å². The van der Waals surface area contributed by atoms with E-state index in [1.54, 1.807) is 12.1 Å². The molecule has 0 radical (unpaired) electrons. The quantitative estimate of drug-likeness (QED) is 0.729. The summed E-state index contributed by atoms with van der Waals surface area (Å²) in [6.07, 6.45) is 1.01. The first-order chi connectivity index (χ1) is 8.56. The van der Waals surface area contributed by atoms with Crippen LogP contribution in [-0.4, -0.2) is 53.9 Å². The van der Waals surface area contributed by atoms with Gasteiger partial charge in [-0.05, 0) is 39.1 Å². The second kappa shape index (κ2) is 5.67. The third kappa shape index (κ3) is 3.21. The standard InChI is InChI=1S/C13H18ClN3O/c1-10-8-11(9-12(14)15-10)13(18)17-5-3-4-16(2)6-7-17/h8-9H,3-7H2,1-2H3. The van der Waals surface area contributed by atoms with Gasteiger partial charge in [0.25, 0.3) is 5.91 Å². The summed E-state index contributed by atoms with van der Waals surface area (Å²) >= 11 is 5.90. The number of carbonyl (C=O) groups is 1. The summed E-state index contributed by atoms with van der Waals surface area (Å²) in [5.74, 6) is 0.0534. The van der Waals surface area contributed by atoms with Gasteiger partial charge >= 0.3 is 0 Å². The summed E-state index contributed by atoms with van der Waals surface area (Å²) in [5, 5.41) is 0.380. The van der Waals surface area contributed by atoms with Crippen LogP contribution in [0.25, 0.3) is 0 Å². The lowest BCUT2D eigenvalue weighted by Crippen LogP contribution is -2.34. The molecule has 0 N–H and O–H groups in total. The van der Waals surface area contributed by atoms with Crippen molar-refractivity contribution < 1.29 is 4.79 Å². The second-order valence-corrected chi connectivity index (χ2v) is 5.16. The fourth-order valence-corrected chi connectivity index (χ4v) is 2.43. The minimum atomic E-state index is 0.0534. The number of nitrogens with zero attached hydrogens (tertiary/aromatic N) is 3. The molecule has 0 unspecified atom stereocenters. The molecule has 2 rings (SSSR count). The maximum Gasteiger partial charge on any atom is 0.254 e. The van der Waals surface area contributed by atoms with Gasteiger partial charge in [0.1, 0.15) is 5.15 Å². The van der Waals surface area contributed by atoms with Crippen molar-refractivity contribution >= 4 is 17.5 Å². The fourth-order valence-electron chi connectivity index (χ4n) is 2.18. The van der Waals surface area contributed by atoms with Crippen molar-refractivity contribution in [1.82, 2.24) is 14.8 Å². The van der Waals surface area contributed by atoms with E-state index >= 15 is 0 Å². The Kier molecular flexibility index (Phi) is 4.19. The number of hydrogen-bond acceptors (Lipinski definition) is 3. The highest BCUT2D eigenvalue weighted by molar-refractivity contribution is 6.29. The Bertz CT molecular complexity index is 430. The van der Waals surface area contributed by atoms with Crippen molar-refractivity contribution in [3.63, 3.8) is 0 Å². The molecule has 2 heterocycles. The Labute approximate surface area is 113 Å². The van der Waals surface area contributed by atoms with E-state index in [9.17, 15) is 4.79 Å². The highest BCUT2D eigenvalue weighted by Crippen LogP contribution is 2.14. The second-order valence-electron chi connectivity index (χ2n) is 4.77. The minimum Gasteiger partial charge on any atom is -0.337 e. The highest BCUT2D eigenvalue weighted by Gasteiger charge is 2.19. The molecule has 0 aliphatic carbocycles. The van der Waals surface area contributed by atoms with Crippen LogP contribution in [0.15, 0.2) is 12.1 Å². The molecule has 0 saturated carbocycles. The van der Waals surface area contributed by atoms with Crippen LogP contribution in [0, 0.1) is 6.92 Å². The van der Waals surface area contributed by atoms with Crippen LogP contribution in [0.1, 0.15) is 22.5 Å². The Morgan fingerprint density at radius 3 is 2.78 bits per heavy atom. The van der Waals surface area contributed by atoms with Crippen molar-refractivity contribution in [3.8, 4) is 0 Å². The average molecular weight is 268 g/mol. The van der Waals surface area contributed by atoms with Crippen LogP contribution in [0.4, 0.5) is 0 Å². The minimum absolute atomic E-state index is 0.0534. The highest BCUT2D eigenvalue weighted by atomic mass is 35.5. The summed E-state index contributed by atoms with van der Waals surface area (Å²) in [5.41, 5.74) is 1.41. The van der Waals surface area contributed by atoms with Crippen LogP contribution in [0.3, 0.4) is 0 Å². The Morgan fingerprint density at radius 1 is 1.28 bits per heavy atom. The molecule has 1 aromatic heterocycles. The predicted octanol–water partition coefficient (Wildman–Crippen LogP) is 1.82.